The molecule has 1 fully saturated rings. The molecule has 1 aliphatic heterocycles. The fourth-order valence-electron chi connectivity index (χ4n) is 2.45. The number of halogens is 1. The van der Waals surface area contributed by atoms with Gasteiger partial charge in [-0.05, 0) is 51.3 Å². The van der Waals surface area contributed by atoms with Gasteiger partial charge in [-0.1, -0.05) is 0 Å². The Balaban J connectivity index is 0.00000180. The highest BCUT2D eigenvalue weighted by Crippen LogP contribution is 2.22. The number of aryl methyl sites for hydroxylation is 3. The molecule has 1 aromatic rings. The predicted molar refractivity (Wildman–Crippen MR) is 83.4 cm³/mol. The van der Waals surface area contributed by atoms with Crippen LogP contribution in [0.25, 0.3) is 0 Å². The third-order valence-electron chi connectivity index (χ3n) is 3.42. The molecule has 0 radical (unpaired) electrons. The van der Waals surface area contributed by atoms with Gasteiger partial charge < -0.3 is 10.6 Å². The molecule has 3 nitrogen and oxygen atoms in total. The van der Waals surface area contributed by atoms with Gasteiger partial charge in [0.2, 0.25) is 5.91 Å². The number of carbonyl (C=O) groups excluding carboxylic acids is 1. The molecule has 1 unspecified atom stereocenters. The van der Waals surface area contributed by atoms with Crippen LogP contribution in [0, 0.1) is 13.8 Å². The highest BCUT2D eigenvalue weighted by molar-refractivity contribution is 7.12. The molecule has 19 heavy (non-hydrogen) atoms. The van der Waals surface area contributed by atoms with Crippen LogP contribution in [0.1, 0.15) is 34.6 Å². The first-order valence-electron chi connectivity index (χ1n) is 6.71. The van der Waals surface area contributed by atoms with Crippen molar-refractivity contribution in [3.05, 3.63) is 21.4 Å². The monoisotopic (exact) mass is 302 g/mol. The van der Waals surface area contributed by atoms with E-state index in [9.17, 15) is 4.79 Å². The zero-order valence-corrected chi connectivity index (χ0v) is 13.3. The van der Waals surface area contributed by atoms with Crippen LogP contribution in [-0.2, 0) is 11.2 Å². The van der Waals surface area contributed by atoms with E-state index in [2.05, 4.69) is 30.5 Å². The van der Waals surface area contributed by atoms with Gasteiger partial charge in [-0.3, -0.25) is 4.79 Å². The SMILES string of the molecule is Cc1cc(CCCC(=O)NC2CCNC2)c(C)s1.Cl. The molecule has 0 bridgehead atoms. The maximum absolute atomic E-state index is 11.7. The van der Waals surface area contributed by atoms with Crippen LogP contribution in [0.15, 0.2) is 6.07 Å². The number of amides is 1. The Labute approximate surface area is 125 Å². The van der Waals surface area contributed by atoms with Crippen LogP contribution >= 0.6 is 23.7 Å². The highest BCUT2D eigenvalue weighted by Gasteiger charge is 2.16. The van der Waals surface area contributed by atoms with Gasteiger partial charge in [0.25, 0.3) is 0 Å². The minimum atomic E-state index is 0. The van der Waals surface area contributed by atoms with E-state index in [-0.39, 0.29) is 18.3 Å². The molecule has 5 heteroatoms. The topological polar surface area (TPSA) is 41.1 Å². The second-order valence-corrected chi connectivity index (χ2v) is 6.51. The zero-order valence-electron chi connectivity index (χ0n) is 11.6. The van der Waals surface area contributed by atoms with E-state index < -0.39 is 0 Å². The molecule has 1 aliphatic rings. The van der Waals surface area contributed by atoms with Crippen LogP contribution in [-0.4, -0.2) is 25.0 Å². The average Bonchev–Trinajstić information content (AvgIpc) is 2.89. The van der Waals surface area contributed by atoms with Crippen LogP contribution in [0.4, 0.5) is 0 Å². The summed E-state index contributed by atoms with van der Waals surface area (Å²) in [4.78, 5) is 14.5. The van der Waals surface area contributed by atoms with Crippen LogP contribution < -0.4 is 10.6 Å². The molecular formula is C14H23ClN2OS. The molecule has 2 heterocycles. The molecule has 108 valence electrons. The van der Waals surface area contributed by atoms with E-state index in [0.29, 0.717) is 12.5 Å². The maximum Gasteiger partial charge on any atom is 0.220 e. The van der Waals surface area contributed by atoms with E-state index in [1.165, 1.54) is 15.3 Å². The second-order valence-electron chi connectivity index (χ2n) is 5.05. The summed E-state index contributed by atoms with van der Waals surface area (Å²) in [5, 5.41) is 6.34. The first-order valence-corrected chi connectivity index (χ1v) is 7.53. The second kappa shape index (κ2) is 7.88. The van der Waals surface area contributed by atoms with E-state index in [1.807, 2.05) is 11.3 Å². The minimum Gasteiger partial charge on any atom is -0.352 e. The van der Waals surface area contributed by atoms with Gasteiger partial charge in [0.05, 0.1) is 0 Å². The summed E-state index contributed by atoms with van der Waals surface area (Å²) in [5.74, 6) is 0.202. The average molecular weight is 303 g/mol. The first kappa shape index (κ1) is 16.5. The van der Waals surface area contributed by atoms with Crippen molar-refractivity contribution in [2.75, 3.05) is 13.1 Å². The highest BCUT2D eigenvalue weighted by atomic mass is 35.5. The van der Waals surface area contributed by atoms with Crippen molar-refractivity contribution in [1.29, 1.82) is 0 Å². The molecule has 1 aromatic heterocycles. The fraction of sp³-hybridized carbons (Fsp3) is 0.643. The normalized spacial score (nSPS) is 18.1. The molecule has 0 saturated carbocycles. The lowest BCUT2D eigenvalue weighted by Gasteiger charge is -2.10. The summed E-state index contributed by atoms with van der Waals surface area (Å²) < 4.78 is 0. The number of hydrogen-bond acceptors (Lipinski definition) is 3. The van der Waals surface area contributed by atoms with Crippen LogP contribution in [0.2, 0.25) is 0 Å². The Morgan fingerprint density at radius 2 is 2.32 bits per heavy atom. The third kappa shape index (κ3) is 5.13. The summed E-state index contributed by atoms with van der Waals surface area (Å²) in [6.45, 7) is 6.26. The van der Waals surface area contributed by atoms with Crippen molar-refractivity contribution in [2.45, 2.75) is 45.6 Å². The molecule has 1 amide bonds. The van der Waals surface area contributed by atoms with Gasteiger partial charge in [0.15, 0.2) is 0 Å². The summed E-state index contributed by atoms with van der Waals surface area (Å²) in [6.07, 6.45) is 3.68. The first-order chi connectivity index (χ1) is 8.65. The minimum absolute atomic E-state index is 0. The molecule has 0 spiro atoms. The lowest BCUT2D eigenvalue weighted by molar-refractivity contribution is -0.121. The van der Waals surface area contributed by atoms with Gasteiger partial charge in [-0.2, -0.15) is 0 Å². The summed E-state index contributed by atoms with van der Waals surface area (Å²) in [6, 6.07) is 2.60. The van der Waals surface area contributed by atoms with Crippen molar-refractivity contribution in [1.82, 2.24) is 10.6 Å². The Bertz CT molecular complexity index is 414. The summed E-state index contributed by atoms with van der Waals surface area (Å²) in [5.41, 5.74) is 1.41. The number of rotatable bonds is 5. The third-order valence-corrected chi connectivity index (χ3v) is 4.43. The van der Waals surface area contributed by atoms with Crippen molar-refractivity contribution >= 4 is 29.7 Å². The number of carbonyl (C=O) groups is 1. The quantitative estimate of drug-likeness (QED) is 0.878. The van der Waals surface area contributed by atoms with Crippen molar-refractivity contribution < 1.29 is 4.79 Å². The smallest absolute Gasteiger partial charge is 0.220 e. The van der Waals surface area contributed by atoms with Crippen molar-refractivity contribution in [3.8, 4) is 0 Å². The van der Waals surface area contributed by atoms with Gasteiger partial charge >= 0.3 is 0 Å². The molecule has 0 aromatic carbocycles. The fourth-order valence-corrected chi connectivity index (χ4v) is 3.42. The molecule has 0 aliphatic carbocycles. The molecule has 2 N–H and O–H groups in total. The van der Waals surface area contributed by atoms with Crippen molar-refractivity contribution in [3.63, 3.8) is 0 Å². The molecule has 2 rings (SSSR count). The van der Waals surface area contributed by atoms with E-state index >= 15 is 0 Å². The van der Waals surface area contributed by atoms with E-state index in [1.54, 1.807) is 0 Å². The van der Waals surface area contributed by atoms with Crippen LogP contribution in [0.5, 0.6) is 0 Å². The van der Waals surface area contributed by atoms with Crippen LogP contribution in [0.3, 0.4) is 0 Å². The van der Waals surface area contributed by atoms with Gasteiger partial charge in [0, 0.05) is 28.8 Å². The lowest BCUT2D eigenvalue weighted by Crippen LogP contribution is -2.36. The standard InChI is InChI=1S/C14H22N2OS.ClH/c1-10-8-12(11(2)18-10)4-3-5-14(17)16-13-6-7-15-9-13;/h8,13,15H,3-7,9H2,1-2H3,(H,16,17);1H. The maximum atomic E-state index is 11.7. The van der Waals surface area contributed by atoms with Gasteiger partial charge in [-0.15, -0.1) is 23.7 Å². The Morgan fingerprint density at radius 1 is 1.53 bits per heavy atom. The number of thiophene rings is 1. The Hall–Kier alpha value is -0.580. The van der Waals surface area contributed by atoms with Crippen molar-refractivity contribution in [2.24, 2.45) is 0 Å². The Morgan fingerprint density at radius 3 is 2.89 bits per heavy atom. The largest absolute Gasteiger partial charge is 0.352 e. The molecule has 1 saturated heterocycles. The number of hydrogen-bond donors (Lipinski definition) is 2. The zero-order chi connectivity index (χ0) is 13.0. The summed E-state index contributed by atoms with van der Waals surface area (Å²) >= 11 is 1.85. The lowest BCUT2D eigenvalue weighted by atomic mass is 10.1. The molecule has 1 atom stereocenters. The predicted octanol–water partition coefficient (Wildman–Crippen LogP) is 2.59. The summed E-state index contributed by atoms with van der Waals surface area (Å²) in [7, 11) is 0. The Kier molecular flexibility index (Phi) is 6.83. The van der Waals surface area contributed by atoms with E-state index in [4.69, 9.17) is 0 Å². The number of nitrogens with one attached hydrogen (secondary N) is 2. The van der Waals surface area contributed by atoms with Gasteiger partial charge in [-0.25, -0.2) is 0 Å². The van der Waals surface area contributed by atoms with E-state index in [0.717, 1.165) is 32.4 Å². The van der Waals surface area contributed by atoms with Gasteiger partial charge in [0.1, 0.15) is 0 Å². The molecular weight excluding hydrogens is 280 g/mol.